The largest absolute Gasteiger partial charge is 0.368 e. The Morgan fingerprint density at radius 1 is 1.54 bits per heavy atom. The molecule has 2 atom stereocenters. The maximum Gasteiger partial charge on any atom is 0.242 e. The molecule has 1 aliphatic rings. The summed E-state index contributed by atoms with van der Waals surface area (Å²) in [6.07, 6.45) is 0.683. The van der Waals surface area contributed by atoms with Gasteiger partial charge in [0, 0.05) is 18.8 Å². The maximum atomic E-state index is 10.7. The summed E-state index contributed by atoms with van der Waals surface area (Å²) in [5, 5.41) is 19.9. The summed E-state index contributed by atoms with van der Waals surface area (Å²) in [5.74, 6) is 0. The Kier molecular flexibility index (Phi) is 2.87. The van der Waals surface area contributed by atoms with E-state index in [0.29, 0.717) is 12.8 Å². The molecule has 5 heteroatoms. The third-order valence-corrected chi connectivity index (χ3v) is 2.50. The topological polar surface area (TPSA) is 72.6 Å². The molecule has 1 heterocycles. The Morgan fingerprint density at radius 2 is 2.15 bits per heavy atom. The zero-order chi connectivity index (χ0) is 10.1. The average molecular weight is 189 g/mol. The van der Waals surface area contributed by atoms with Crippen molar-refractivity contribution in [2.24, 2.45) is 0 Å². The zero-order valence-electron chi connectivity index (χ0n) is 7.90. The van der Waals surface area contributed by atoms with Crippen molar-refractivity contribution in [3.63, 3.8) is 0 Å². The van der Waals surface area contributed by atoms with Crippen LogP contribution >= 0.6 is 0 Å². The molecule has 0 aromatic carbocycles. The van der Waals surface area contributed by atoms with Crippen LogP contribution in [0.15, 0.2) is 0 Å². The molecule has 5 nitrogen and oxygen atoms in total. The zero-order valence-corrected chi connectivity index (χ0v) is 7.90. The summed E-state index contributed by atoms with van der Waals surface area (Å²) in [6.45, 7) is 3.05. The van der Waals surface area contributed by atoms with Crippen LogP contribution in [0.3, 0.4) is 0 Å². The van der Waals surface area contributed by atoms with Crippen LogP contribution in [-0.4, -0.2) is 28.0 Å². The molecule has 0 radical (unpaired) electrons. The summed E-state index contributed by atoms with van der Waals surface area (Å²) in [5.41, 5.74) is -1.11. The molecule has 1 saturated heterocycles. The van der Waals surface area contributed by atoms with Crippen LogP contribution in [0.2, 0.25) is 0 Å². The van der Waals surface area contributed by atoms with E-state index in [1.807, 2.05) is 0 Å². The van der Waals surface area contributed by atoms with Crippen LogP contribution in [0, 0.1) is 10.1 Å². The van der Waals surface area contributed by atoms with E-state index in [2.05, 4.69) is 0 Å². The minimum Gasteiger partial charge on any atom is -0.368 e. The van der Waals surface area contributed by atoms with Crippen molar-refractivity contribution < 1.29 is 14.8 Å². The van der Waals surface area contributed by atoms with Gasteiger partial charge in [0.25, 0.3) is 0 Å². The number of aliphatic hydroxyl groups is 1. The lowest BCUT2D eigenvalue weighted by molar-refractivity contribution is -0.578. The second-order valence-corrected chi connectivity index (χ2v) is 3.92. The van der Waals surface area contributed by atoms with Crippen molar-refractivity contribution in [1.82, 2.24) is 0 Å². The molecule has 2 unspecified atom stereocenters. The van der Waals surface area contributed by atoms with Crippen molar-refractivity contribution in [1.29, 1.82) is 0 Å². The number of nitrogens with zero attached hydrogens (tertiary/aromatic N) is 1. The van der Waals surface area contributed by atoms with E-state index in [9.17, 15) is 15.2 Å². The van der Waals surface area contributed by atoms with Gasteiger partial charge in [0.1, 0.15) is 6.10 Å². The summed E-state index contributed by atoms with van der Waals surface area (Å²) in [4.78, 5) is 10.3. The molecule has 0 bridgehead atoms. The second-order valence-electron chi connectivity index (χ2n) is 3.92. The molecule has 1 aliphatic heterocycles. The summed E-state index contributed by atoms with van der Waals surface area (Å²) >= 11 is 0. The lowest BCUT2D eigenvalue weighted by Gasteiger charge is -2.32. The molecule has 0 aromatic rings. The van der Waals surface area contributed by atoms with Crippen LogP contribution < -0.4 is 0 Å². The van der Waals surface area contributed by atoms with Gasteiger partial charge in [-0.05, 0) is 19.3 Å². The number of hydrogen-bond acceptors (Lipinski definition) is 4. The van der Waals surface area contributed by atoms with E-state index >= 15 is 0 Å². The van der Waals surface area contributed by atoms with E-state index in [0.717, 1.165) is 6.42 Å². The van der Waals surface area contributed by atoms with Crippen molar-refractivity contribution in [3.8, 4) is 0 Å². The normalized spacial score (nSPS) is 30.1. The molecular weight excluding hydrogens is 174 g/mol. The minimum absolute atomic E-state index is 0.351. The standard InChI is InChI=1S/C8H15NO4/c1-8(2,9(11)12)6-4-3-5-7(10)13-6/h6-7,10H,3-5H2,1-2H3. The Bertz CT molecular complexity index is 204. The van der Waals surface area contributed by atoms with E-state index in [1.54, 1.807) is 0 Å². The molecule has 1 fully saturated rings. The highest BCUT2D eigenvalue weighted by molar-refractivity contribution is 4.81. The summed E-state index contributed by atoms with van der Waals surface area (Å²) < 4.78 is 5.13. The van der Waals surface area contributed by atoms with Gasteiger partial charge in [-0.2, -0.15) is 0 Å². The van der Waals surface area contributed by atoms with Crippen LogP contribution in [0.25, 0.3) is 0 Å². The quantitative estimate of drug-likeness (QED) is 0.518. The molecule has 0 saturated carbocycles. The summed E-state index contributed by atoms with van der Waals surface area (Å²) in [7, 11) is 0. The predicted molar refractivity (Wildman–Crippen MR) is 45.8 cm³/mol. The van der Waals surface area contributed by atoms with Crippen LogP contribution in [0.4, 0.5) is 0 Å². The predicted octanol–water partition coefficient (Wildman–Crippen LogP) is 0.929. The third-order valence-electron chi connectivity index (χ3n) is 2.50. The highest BCUT2D eigenvalue weighted by Crippen LogP contribution is 2.27. The Morgan fingerprint density at radius 3 is 2.62 bits per heavy atom. The fraction of sp³-hybridized carbons (Fsp3) is 1.00. The Labute approximate surface area is 76.8 Å². The van der Waals surface area contributed by atoms with Gasteiger partial charge in [-0.25, -0.2) is 0 Å². The fourth-order valence-electron chi connectivity index (χ4n) is 1.44. The lowest BCUT2D eigenvalue weighted by atomic mass is 9.92. The molecular formula is C8H15NO4. The Hall–Kier alpha value is -0.680. The smallest absolute Gasteiger partial charge is 0.242 e. The monoisotopic (exact) mass is 189 g/mol. The van der Waals surface area contributed by atoms with Gasteiger partial charge in [0.15, 0.2) is 6.29 Å². The maximum absolute atomic E-state index is 10.7. The first-order chi connectivity index (χ1) is 5.94. The van der Waals surface area contributed by atoms with E-state index in [1.165, 1.54) is 13.8 Å². The van der Waals surface area contributed by atoms with Gasteiger partial charge in [0.2, 0.25) is 5.54 Å². The van der Waals surface area contributed by atoms with E-state index in [4.69, 9.17) is 4.74 Å². The van der Waals surface area contributed by atoms with E-state index in [-0.39, 0.29) is 4.92 Å². The highest BCUT2D eigenvalue weighted by atomic mass is 16.6. The lowest BCUT2D eigenvalue weighted by Crippen LogP contribution is -2.48. The first-order valence-corrected chi connectivity index (χ1v) is 4.42. The number of rotatable bonds is 2. The number of aliphatic hydroxyl groups excluding tert-OH is 1. The van der Waals surface area contributed by atoms with Gasteiger partial charge in [-0.15, -0.1) is 0 Å². The highest BCUT2D eigenvalue weighted by Gasteiger charge is 2.44. The van der Waals surface area contributed by atoms with Crippen LogP contribution in [-0.2, 0) is 4.74 Å². The molecule has 0 aliphatic carbocycles. The minimum atomic E-state index is -1.11. The SMILES string of the molecule is CC(C)(C1CCCC(O)O1)[N+](=O)[O-]. The number of nitro groups is 1. The molecule has 0 spiro atoms. The van der Waals surface area contributed by atoms with Gasteiger partial charge >= 0.3 is 0 Å². The van der Waals surface area contributed by atoms with Crippen LogP contribution in [0.5, 0.6) is 0 Å². The molecule has 1 rings (SSSR count). The van der Waals surface area contributed by atoms with Gasteiger partial charge < -0.3 is 9.84 Å². The van der Waals surface area contributed by atoms with Crippen molar-refractivity contribution in [3.05, 3.63) is 10.1 Å². The fourth-order valence-corrected chi connectivity index (χ4v) is 1.44. The molecule has 76 valence electrons. The number of hydrogen-bond donors (Lipinski definition) is 1. The van der Waals surface area contributed by atoms with Gasteiger partial charge in [-0.1, -0.05) is 0 Å². The van der Waals surface area contributed by atoms with Gasteiger partial charge in [-0.3, -0.25) is 10.1 Å². The van der Waals surface area contributed by atoms with Crippen molar-refractivity contribution in [2.45, 2.75) is 51.0 Å². The molecule has 0 amide bonds. The van der Waals surface area contributed by atoms with Crippen molar-refractivity contribution in [2.75, 3.05) is 0 Å². The first kappa shape index (κ1) is 10.4. The van der Waals surface area contributed by atoms with E-state index < -0.39 is 17.9 Å². The average Bonchev–Trinajstić information content (AvgIpc) is 2.04. The second kappa shape index (κ2) is 3.59. The van der Waals surface area contributed by atoms with Crippen LogP contribution in [0.1, 0.15) is 33.1 Å². The molecule has 1 N–H and O–H groups in total. The Balaban J connectivity index is 2.64. The first-order valence-electron chi connectivity index (χ1n) is 4.42. The molecule has 0 aromatic heterocycles. The number of ether oxygens (including phenoxy) is 1. The molecule has 13 heavy (non-hydrogen) atoms. The summed E-state index contributed by atoms with van der Waals surface area (Å²) in [6, 6.07) is 0. The van der Waals surface area contributed by atoms with Crippen molar-refractivity contribution >= 4 is 0 Å². The van der Waals surface area contributed by atoms with Gasteiger partial charge in [0.05, 0.1) is 0 Å². The third kappa shape index (κ3) is 2.16.